The smallest absolute Gasteiger partial charge is 0.308 e. The molecule has 4 nitrogen and oxygen atoms in total. The Morgan fingerprint density at radius 3 is 1.93 bits per heavy atom. The molecule has 0 amide bonds. The summed E-state index contributed by atoms with van der Waals surface area (Å²) in [6.07, 6.45) is 0. The van der Waals surface area contributed by atoms with Crippen molar-refractivity contribution in [2.45, 2.75) is 13.8 Å². The highest BCUT2D eigenvalue weighted by molar-refractivity contribution is 6.00. The predicted molar refractivity (Wildman–Crippen MR) is 110 cm³/mol. The lowest BCUT2D eigenvalue weighted by Crippen LogP contribution is -2.05. The minimum absolute atomic E-state index is 0.410. The molecule has 4 aromatic rings. The lowest BCUT2D eigenvalue weighted by atomic mass is 9.96. The maximum Gasteiger partial charge on any atom is 0.308 e. The molecular weight excluding hydrogens is 352 g/mol. The first-order valence-corrected chi connectivity index (χ1v) is 8.94. The van der Waals surface area contributed by atoms with Crippen molar-refractivity contribution in [1.29, 1.82) is 0 Å². The highest BCUT2D eigenvalue weighted by Gasteiger charge is 2.18. The van der Waals surface area contributed by atoms with Gasteiger partial charge in [-0.3, -0.25) is 9.59 Å². The van der Waals surface area contributed by atoms with Crippen LogP contribution in [-0.4, -0.2) is 11.9 Å². The summed E-state index contributed by atoms with van der Waals surface area (Å²) in [7, 11) is 0. The minimum Gasteiger partial charge on any atom is -0.426 e. The summed E-state index contributed by atoms with van der Waals surface area (Å²) in [5.41, 5.74) is 1.38. The van der Waals surface area contributed by atoms with Crippen molar-refractivity contribution >= 4 is 33.5 Å². The van der Waals surface area contributed by atoms with Crippen molar-refractivity contribution in [3.8, 4) is 22.6 Å². The Hall–Kier alpha value is -3.66. The lowest BCUT2D eigenvalue weighted by molar-refractivity contribution is -0.132. The molecule has 0 bridgehead atoms. The van der Waals surface area contributed by atoms with E-state index < -0.39 is 11.9 Å². The summed E-state index contributed by atoms with van der Waals surface area (Å²) in [5.74, 6) is 0.0583. The Morgan fingerprint density at radius 2 is 1.25 bits per heavy atom. The summed E-state index contributed by atoms with van der Waals surface area (Å²) in [5, 5.41) is 3.72. The van der Waals surface area contributed by atoms with Gasteiger partial charge in [-0.1, -0.05) is 54.6 Å². The number of carbonyl (C=O) groups is 2. The number of rotatable bonds is 3. The second kappa shape index (κ2) is 7.16. The summed E-state index contributed by atoms with van der Waals surface area (Å²) < 4.78 is 11.1. The second-order valence-electron chi connectivity index (χ2n) is 6.55. The molecule has 0 N–H and O–H groups in total. The van der Waals surface area contributed by atoms with Crippen molar-refractivity contribution in [2.75, 3.05) is 0 Å². The van der Waals surface area contributed by atoms with E-state index in [-0.39, 0.29) is 0 Å². The van der Waals surface area contributed by atoms with Gasteiger partial charge < -0.3 is 9.47 Å². The average Bonchev–Trinajstić information content (AvgIpc) is 2.67. The molecule has 0 aromatic heterocycles. The van der Waals surface area contributed by atoms with Crippen LogP contribution in [0.1, 0.15) is 13.8 Å². The summed E-state index contributed by atoms with van der Waals surface area (Å²) in [6.45, 7) is 2.74. The van der Waals surface area contributed by atoms with Gasteiger partial charge in [0.25, 0.3) is 0 Å². The Bertz CT molecular complexity index is 1220. The molecule has 4 heteroatoms. The van der Waals surface area contributed by atoms with Gasteiger partial charge in [0, 0.05) is 30.4 Å². The zero-order valence-electron chi connectivity index (χ0n) is 15.6. The van der Waals surface area contributed by atoms with Crippen molar-refractivity contribution in [3.05, 3.63) is 72.8 Å². The van der Waals surface area contributed by atoms with Gasteiger partial charge in [-0.05, 0) is 34.4 Å². The minimum atomic E-state index is -0.411. The number of ether oxygens (including phenoxy) is 2. The van der Waals surface area contributed by atoms with E-state index in [0.717, 1.165) is 21.5 Å². The van der Waals surface area contributed by atoms with Crippen molar-refractivity contribution < 1.29 is 19.1 Å². The fraction of sp³-hybridized carbons (Fsp3) is 0.0833. The van der Waals surface area contributed by atoms with E-state index in [2.05, 4.69) is 0 Å². The van der Waals surface area contributed by atoms with Crippen LogP contribution < -0.4 is 9.47 Å². The topological polar surface area (TPSA) is 52.6 Å². The lowest BCUT2D eigenvalue weighted by Gasteiger charge is -2.16. The summed E-state index contributed by atoms with van der Waals surface area (Å²) in [4.78, 5) is 23.5. The maximum absolute atomic E-state index is 11.8. The van der Waals surface area contributed by atoms with Gasteiger partial charge in [-0.15, -0.1) is 0 Å². The van der Waals surface area contributed by atoms with E-state index in [1.54, 1.807) is 0 Å². The van der Waals surface area contributed by atoms with Crippen LogP contribution in [0, 0.1) is 0 Å². The van der Waals surface area contributed by atoms with Gasteiger partial charge in [0.05, 0.1) is 0 Å². The molecule has 0 saturated heterocycles. The van der Waals surface area contributed by atoms with Gasteiger partial charge >= 0.3 is 11.9 Å². The fourth-order valence-electron chi connectivity index (χ4n) is 3.38. The number of hydrogen-bond donors (Lipinski definition) is 0. The van der Waals surface area contributed by atoms with Gasteiger partial charge in [-0.2, -0.15) is 0 Å². The first-order valence-electron chi connectivity index (χ1n) is 8.94. The number of fused-ring (bicyclic) bond motifs is 2. The van der Waals surface area contributed by atoms with E-state index in [4.69, 9.17) is 9.47 Å². The maximum atomic E-state index is 11.8. The Labute approximate surface area is 162 Å². The van der Waals surface area contributed by atoms with E-state index in [1.807, 2.05) is 72.8 Å². The van der Waals surface area contributed by atoms with E-state index in [9.17, 15) is 9.59 Å². The van der Waals surface area contributed by atoms with E-state index >= 15 is 0 Å². The zero-order chi connectivity index (χ0) is 19.7. The molecule has 0 fully saturated rings. The van der Waals surface area contributed by atoms with Crippen LogP contribution in [0.5, 0.6) is 11.5 Å². The third-order valence-electron chi connectivity index (χ3n) is 4.52. The number of esters is 2. The highest BCUT2D eigenvalue weighted by atomic mass is 16.5. The molecule has 0 atom stereocenters. The Kier molecular flexibility index (Phi) is 4.53. The van der Waals surface area contributed by atoms with Crippen molar-refractivity contribution in [2.24, 2.45) is 0 Å². The second-order valence-corrected chi connectivity index (χ2v) is 6.55. The molecule has 4 aromatic carbocycles. The van der Waals surface area contributed by atoms with E-state index in [1.165, 1.54) is 13.8 Å². The van der Waals surface area contributed by atoms with Crippen LogP contribution in [0.15, 0.2) is 72.8 Å². The quantitative estimate of drug-likeness (QED) is 0.352. The molecular formula is C24H18O4. The average molecular weight is 370 g/mol. The Morgan fingerprint density at radius 1 is 0.643 bits per heavy atom. The largest absolute Gasteiger partial charge is 0.426 e. The van der Waals surface area contributed by atoms with Gasteiger partial charge in [0.2, 0.25) is 0 Å². The summed E-state index contributed by atoms with van der Waals surface area (Å²) in [6, 6.07) is 23.1. The third-order valence-corrected chi connectivity index (χ3v) is 4.52. The molecule has 0 aliphatic rings. The van der Waals surface area contributed by atoms with Gasteiger partial charge in [-0.25, -0.2) is 0 Å². The highest BCUT2D eigenvalue weighted by Crippen LogP contribution is 2.42. The molecule has 0 saturated carbocycles. The van der Waals surface area contributed by atoms with Crippen LogP contribution in [0.3, 0.4) is 0 Å². The monoisotopic (exact) mass is 370 g/mol. The summed E-state index contributed by atoms with van der Waals surface area (Å²) >= 11 is 0. The standard InChI is InChI=1S/C24H18O4/c1-15(25)27-23-14-19-9-4-3-8-18(19)13-22(23)21-12-11-17-7-5-6-10-20(17)24(21)28-16(2)26/h3-14H,1-2H3. The zero-order valence-corrected chi connectivity index (χ0v) is 15.6. The fourth-order valence-corrected chi connectivity index (χ4v) is 3.38. The van der Waals surface area contributed by atoms with Gasteiger partial charge in [0.1, 0.15) is 11.5 Å². The third kappa shape index (κ3) is 3.32. The predicted octanol–water partition coefficient (Wildman–Crippen LogP) is 5.51. The first kappa shape index (κ1) is 17.7. The van der Waals surface area contributed by atoms with Crippen molar-refractivity contribution in [1.82, 2.24) is 0 Å². The molecule has 28 heavy (non-hydrogen) atoms. The molecule has 0 aliphatic heterocycles. The van der Waals surface area contributed by atoms with Crippen molar-refractivity contribution in [3.63, 3.8) is 0 Å². The molecule has 0 heterocycles. The van der Waals surface area contributed by atoms with Crippen LogP contribution in [0.4, 0.5) is 0 Å². The molecule has 4 rings (SSSR count). The normalized spacial score (nSPS) is 10.8. The molecule has 0 radical (unpaired) electrons. The molecule has 0 aliphatic carbocycles. The van der Waals surface area contributed by atoms with Gasteiger partial charge in [0.15, 0.2) is 0 Å². The number of hydrogen-bond acceptors (Lipinski definition) is 4. The van der Waals surface area contributed by atoms with Crippen LogP contribution in [-0.2, 0) is 9.59 Å². The molecule has 0 spiro atoms. The number of benzene rings is 4. The molecule has 0 unspecified atom stereocenters. The Balaban J connectivity index is 2.04. The SMILES string of the molecule is CC(=O)Oc1cc2ccccc2cc1-c1ccc2ccccc2c1OC(C)=O. The first-order chi connectivity index (χ1) is 13.5. The van der Waals surface area contributed by atoms with Crippen LogP contribution >= 0.6 is 0 Å². The van der Waals surface area contributed by atoms with Crippen LogP contribution in [0.2, 0.25) is 0 Å². The van der Waals surface area contributed by atoms with Crippen LogP contribution in [0.25, 0.3) is 32.7 Å². The number of carbonyl (C=O) groups excluding carboxylic acids is 2. The van der Waals surface area contributed by atoms with E-state index in [0.29, 0.717) is 22.6 Å². The molecule has 138 valence electrons.